The molecule has 1 unspecified atom stereocenters. The summed E-state index contributed by atoms with van der Waals surface area (Å²) in [6.45, 7) is 6.90. The molecule has 0 aliphatic carbocycles. The number of nitrogens with one attached hydrogen (secondary N) is 1. The summed E-state index contributed by atoms with van der Waals surface area (Å²) in [5, 5.41) is 9.82. The van der Waals surface area contributed by atoms with Crippen LogP contribution >= 0.6 is 0 Å². The SMILES string of the molecule is Cc1ccc(F)cc1S(=O)(=O)NCC(O)C(C)(C)C. The average molecular weight is 289 g/mol. The smallest absolute Gasteiger partial charge is 0.241 e. The highest BCUT2D eigenvalue weighted by Crippen LogP contribution is 2.20. The van der Waals surface area contributed by atoms with E-state index in [4.69, 9.17) is 0 Å². The van der Waals surface area contributed by atoms with Crippen LogP contribution in [0.25, 0.3) is 0 Å². The minimum atomic E-state index is -3.82. The Labute approximate surface area is 113 Å². The molecule has 0 bridgehead atoms. The Morgan fingerprint density at radius 3 is 2.47 bits per heavy atom. The highest BCUT2D eigenvalue weighted by molar-refractivity contribution is 7.89. The summed E-state index contributed by atoms with van der Waals surface area (Å²) in [6, 6.07) is 3.59. The molecular formula is C13H20FNO3S. The van der Waals surface area contributed by atoms with Gasteiger partial charge in [0.15, 0.2) is 0 Å². The minimum absolute atomic E-state index is 0.103. The summed E-state index contributed by atoms with van der Waals surface area (Å²) in [4.78, 5) is -0.103. The van der Waals surface area contributed by atoms with E-state index in [1.54, 1.807) is 27.7 Å². The number of sulfonamides is 1. The number of rotatable bonds is 4. The van der Waals surface area contributed by atoms with E-state index in [0.29, 0.717) is 5.56 Å². The second-order valence-corrected chi connectivity index (χ2v) is 7.38. The van der Waals surface area contributed by atoms with E-state index in [0.717, 1.165) is 6.07 Å². The van der Waals surface area contributed by atoms with Crippen LogP contribution in [0.5, 0.6) is 0 Å². The lowest BCUT2D eigenvalue weighted by molar-refractivity contribution is 0.0677. The van der Waals surface area contributed by atoms with Crippen LogP contribution in [0.4, 0.5) is 4.39 Å². The topological polar surface area (TPSA) is 66.4 Å². The van der Waals surface area contributed by atoms with Crippen LogP contribution < -0.4 is 4.72 Å². The fraction of sp³-hybridized carbons (Fsp3) is 0.538. The average Bonchev–Trinajstić information content (AvgIpc) is 2.28. The van der Waals surface area contributed by atoms with Gasteiger partial charge in [0.25, 0.3) is 0 Å². The van der Waals surface area contributed by atoms with Crippen molar-refractivity contribution in [3.05, 3.63) is 29.6 Å². The van der Waals surface area contributed by atoms with Gasteiger partial charge >= 0.3 is 0 Å². The summed E-state index contributed by atoms with van der Waals surface area (Å²) < 4.78 is 39.5. The molecule has 0 aliphatic rings. The summed E-state index contributed by atoms with van der Waals surface area (Å²) in [6.07, 6.45) is -0.823. The highest BCUT2D eigenvalue weighted by atomic mass is 32.2. The molecule has 4 nitrogen and oxygen atoms in total. The zero-order valence-electron chi connectivity index (χ0n) is 11.6. The van der Waals surface area contributed by atoms with Gasteiger partial charge in [-0.25, -0.2) is 17.5 Å². The molecule has 0 spiro atoms. The number of benzene rings is 1. The molecule has 1 aromatic carbocycles. The van der Waals surface area contributed by atoms with Crippen LogP contribution in [0.3, 0.4) is 0 Å². The van der Waals surface area contributed by atoms with Gasteiger partial charge in [0.2, 0.25) is 10.0 Å². The third kappa shape index (κ3) is 4.26. The molecule has 0 saturated carbocycles. The maximum Gasteiger partial charge on any atom is 0.241 e. The Kier molecular flexibility index (Phi) is 4.71. The van der Waals surface area contributed by atoms with E-state index >= 15 is 0 Å². The maximum atomic E-state index is 13.1. The highest BCUT2D eigenvalue weighted by Gasteiger charge is 2.25. The molecule has 108 valence electrons. The molecule has 0 heterocycles. The first-order chi connectivity index (χ1) is 8.54. The second-order valence-electron chi connectivity index (χ2n) is 5.64. The fourth-order valence-electron chi connectivity index (χ4n) is 1.44. The Balaban J connectivity index is 2.91. The zero-order valence-corrected chi connectivity index (χ0v) is 12.4. The molecule has 2 N–H and O–H groups in total. The van der Waals surface area contributed by atoms with E-state index < -0.39 is 27.4 Å². The lowest BCUT2D eigenvalue weighted by Gasteiger charge is -2.25. The van der Waals surface area contributed by atoms with Crippen molar-refractivity contribution in [2.45, 2.75) is 38.7 Å². The van der Waals surface area contributed by atoms with Crippen molar-refractivity contribution in [2.24, 2.45) is 5.41 Å². The van der Waals surface area contributed by atoms with Gasteiger partial charge in [-0.1, -0.05) is 26.8 Å². The number of halogens is 1. The van der Waals surface area contributed by atoms with Gasteiger partial charge < -0.3 is 5.11 Å². The molecule has 6 heteroatoms. The van der Waals surface area contributed by atoms with Crippen molar-refractivity contribution in [1.82, 2.24) is 4.72 Å². The lowest BCUT2D eigenvalue weighted by Crippen LogP contribution is -2.39. The molecule has 0 amide bonds. The molecule has 1 aromatic rings. The van der Waals surface area contributed by atoms with Crippen molar-refractivity contribution in [2.75, 3.05) is 6.54 Å². The number of aryl methyl sites for hydroxylation is 1. The molecular weight excluding hydrogens is 269 g/mol. The fourth-order valence-corrected chi connectivity index (χ4v) is 2.73. The summed E-state index contributed by atoms with van der Waals surface area (Å²) in [7, 11) is -3.82. The van der Waals surface area contributed by atoms with Crippen LogP contribution in [0, 0.1) is 18.2 Å². The van der Waals surface area contributed by atoms with Crippen LogP contribution in [0.1, 0.15) is 26.3 Å². The first-order valence-electron chi connectivity index (χ1n) is 5.98. The first kappa shape index (κ1) is 16.1. The number of hydrogen-bond acceptors (Lipinski definition) is 3. The van der Waals surface area contributed by atoms with Gasteiger partial charge in [0.1, 0.15) is 5.82 Å². The van der Waals surface area contributed by atoms with E-state index in [2.05, 4.69) is 4.72 Å². The van der Waals surface area contributed by atoms with Crippen LogP contribution in [-0.2, 0) is 10.0 Å². The quantitative estimate of drug-likeness (QED) is 0.888. The number of hydrogen-bond donors (Lipinski definition) is 2. The summed E-state index contributed by atoms with van der Waals surface area (Å²) in [5.74, 6) is -0.609. The van der Waals surface area contributed by atoms with Crippen molar-refractivity contribution in [1.29, 1.82) is 0 Å². The molecule has 1 rings (SSSR count). The van der Waals surface area contributed by atoms with Crippen LogP contribution in [0.15, 0.2) is 23.1 Å². The predicted molar refractivity (Wildman–Crippen MR) is 71.8 cm³/mol. The van der Waals surface area contributed by atoms with E-state index in [1.807, 2.05) is 0 Å². The van der Waals surface area contributed by atoms with Crippen LogP contribution in [0.2, 0.25) is 0 Å². The van der Waals surface area contributed by atoms with Gasteiger partial charge in [0, 0.05) is 6.54 Å². The molecule has 0 saturated heterocycles. The zero-order chi connectivity index (χ0) is 14.8. The van der Waals surface area contributed by atoms with E-state index in [9.17, 15) is 17.9 Å². The van der Waals surface area contributed by atoms with E-state index in [-0.39, 0.29) is 11.4 Å². The van der Waals surface area contributed by atoms with Crippen molar-refractivity contribution in [3.8, 4) is 0 Å². The Morgan fingerprint density at radius 2 is 1.95 bits per heavy atom. The Bertz CT molecular complexity index is 549. The number of aliphatic hydroxyl groups is 1. The minimum Gasteiger partial charge on any atom is -0.391 e. The Morgan fingerprint density at radius 1 is 1.37 bits per heavy atom. The number of aliphatic hydroxyl groups excluding tert-OH is 1. The normalized spacial score (nSPS) is 14.4. The van der Waals surface area contributed by atoms with Gasteiger partial charge in [-0.2, -0.15) is 0 Å². The van der Waals surface area contributed by atoms with Gasteiger partial charge in [-0.05, 0) is 30.0 Å². The largest absolute Gasteiger partial charge is 0.391 e. The molecule has 1 atom stereocenters. The molecule has 0 aliphatic heterocycles. The van der Waals surface area contributed by atoms with Crippen LogP contribution in [-0.4, -0.2) is 26.2 Å². The summed E-state index contributed by atoms with van der Waals surface area (Å²) >= 11 is 0. The van der Waals surface area contributed by atoms with Gasteiger partial charge in [0.05, 0.1) is 11.0 Å². The maximum absolute atomic E-state index is 13.1. The van der Waals surface area contributed by atoms with Gasteiger partial charge in [-0.15, -0.1) is 0 Å². The lowest BCUT2D eigenvalue weighted by atomic mass is 9.89. The predicted octanol–water partition coefficient (Wildman–Crippen LogP) is 1.82. The van der Waals surface area contributed by atoms with Crippen molar-refractivity contribution >= 4 is 10.0 Å². The standard InChI is InChI=1S/C13H20FNO3S/c1-9-5-6-10(14)7-11(9)19(17,18)15-8-12(16)13(2,3)4/h5-7,12,15-16H,8H2,1-4H3. The third-order valence-corrected chi connectivity index (χ3v) is 4.47. The second kappa shape index (κ2) is 5.56. The van der Waals surface area contributed by atoms with Crippen molar-refractivity contribution < 1.29 is 17.9 Å². The monoisotopic (exact) mass is 289 g/mol. The van der Waals surface area contributed by atoms with E-state index in [1.165, 1.54) is 12.1 Å². The molecule has 19 heavy (non-hydrogen) atoms. The molecule has 0 aromatic heterocycles. The third-order valence-electron chi connectivity index (χ3n) is 2.91. The first-order valence-corrected chi connectivity index (χ1v) is 7.46. The molecule has 0 radical (unpaired) electrons. The molecule has 0 fully saturated rings. The van der Waals surface area contributed by atoms with Crippen molar-refractivity contribution in [3.63, 3.8) is 0 Å². The Hall–Kier alpha value is -0.980. The van der Waals surface area contributed by atoms with Gasteiger partial charge in [-0.3, -0.25) is 0 Å². The summed E-state index contributed by atoms with van der Waals surface area (Å²) in [5.41, 5.74) is 0.0265.